The smallest absolute Gasteiger partial charge is 0.277 e. The van der Waals surface area contributed by atoms with Gasteiger partial charge in [0.2, 0.25) is 0 Å². The van der Waals surface area contributed by atoms with Gasteiger partial charge in [-0.3, -0.25) is 9.69 Å². The van der Waals surface area contributed by atoms with Crippen molar-refractivity contribution in [1.82, 2.24) is 10.3 Å². The molecule has 1 aliphatic rings. The van der Waals surface area contributed by atoms with Crippen LogP contribution in [0.1, 0.15) is 29.2 Å². The zero-order chi connectivity index (χ0) is 22.2. The molecule has 166 valence electrons. The lowest BCUT2D eigenvalue weighted by molar-refractivity contribution is -0.123. The number of ether oxygens (including phenoxy) is 3. The number of hydrazone groups is 1. The predicted molar refractivity (Wildman–Crippen MR) is 121 cm³/mol. The Bertz CT molecular complexity index is 936. The van der Waals surface area contributed by atoms with Gasteiger partial charge in [-0.2, -0.15) is 5.10 Å². The summed E-state index contributed by atoms with van der Waals surface area (Å²) in [6.45, 7) is 9.79. The Morgan fingerprint density at radius 2 is 1.90 bits per heavy atom. The third-order valence-corrected chi connectivity index (χ3v) is 5.25. The first-order valence-electron chi connectivity index (χ1n) is 10.5. The number of hydrogen-bond donors (Lipinski definition) is 1. The van der Waals surface area contributed by atoms with Crippen LogP contribution in [-0.4, -0.2) is 56.5 Å². The fourth-order valence-corrected chi connectivity index (χ4v) is 3.38. The summed E-state index contributed by atoms with van der Waals surface area (Å²) in [5.41, 5.74) is 7.38. The molecule has 7 nitrogen and oxygen atoms in total. The fraction of sp³-hybridized carbons (Fsp3) is 0.417. The third kappa shape index (κ3) is 6.54. The molecule has 1 saturated heterocycles. The van der Waals surface area contributed by atoms with Gasteiger partial charge in [0.15, 0.2) is 6.61 Å². The van der Waals surface area contributed by atoms with Crippen LogP contribution in [0.2, 0.25) is 0 Å². The van der Waals surface area contributed by atoms with Gasteiger partial charge in [0, 0.05) is 25.2 Å². The van der Waals surface area contributed by atoms with Gasteiger partial charge < -0.3 is 14.2 Å². The first-order chi connectivity index (χ1) is 15.0. The Balaban J connectivity index is 1.61. The van der Waals surface area contributed by atoms with Crippen LogP contribution in [0.3, 0.4) is 0 Å². The first-order valence-corrected chi connectivity index (χ1v) is 10.5. The molecular weight excluding hydrogens is 394 g/mol. The number of morpholine rings is 1. The van der Waals surface area contributed by atoms with Crippen molar-refractivity contribution >= 4 is 11.6 Å². The minimum atomic E-state index is -0.303. The highest BCUT2D eigenvalue weighted by Gasteiger charge is 2.14. The van der Waals surface area contributed by atoms with Crippen molar-refractivity contribution in [2.24, 2.45) is 5.10 Å². The van der Waals surface area contributed by atoms with E-state index >= 15 is 0 Å². The minimum absolute atomic E-state index is 0.0913. The van der Waals surface area contributed by atoms with E-state index in [2.05, 4.69) is 21.5 Å². The van der Waals surface area contributed by atoms with Crippen molar-refractivity contribution < 1.29 is 19.0 Å². The molecule has 1 amide bonds. The molecule has 1 aliphatic heterocycles. The first kappa shape index (κ1) is 22.8. The summed E-state index contributed by atoms with van der Waals surface area (Å²) in [6, 6.07) is 11.9. The van der Waals surface area contributed by atoms with Gasteiger partial charge in [0.05, 0.1) is 26.0 Å². The molecule has 0 bridgehead atoms. The summed E-state index contributed by atoms with van der Waals surface area (Å²) in [6.07, 6.45) is 0. The van der Waals surface area contributed by atoms with E-state index in [1.165, 1.54) is 0 Å². The molecule has 0 unspecified atom stereocenters. The molecule has 1 fully saturated rings. The standard InChI is InChI=1S/C24H31N3O4/c1-17-5-6-18(2)23(13-17)31-16-24(28)26-25-19(3)20-7-8-22(29-4)21(14-20)15-27-9-11-30-12-10-27/h5-8,13-14H,9-12,15-16H2,1-4H3,(H,26,28)/b25-19-. The number of carbonyl (C=O) groups excluding carboxylic acids is 1. The average Bonchev–Trinajstić information content (AvgIpc) is 2.78. The zero-order valence-corrected chi connectivity index (χ0v) is 18.7. The van der Waals surface area contributed by atoms with E-state index in [1.807, 2.05) is 51.1 Å². The summed E-state index contributed by atoms with van der Waals surface area (Å²) in [4.78, 5) is 14.5. The second-order valence-electron chi connectivity index (χ2n) is 7.70. The van der Waals surface area contributed by atoms with Crippen molar-refractivity contribution in [3.63, 3.8) is 0 Å². The molecule has 2 aromatic rings. The molecule has 1 heterocycles. The van der Waals surface area contributed by atoms with Crippen molar-refractivity contribution in [1.29, 1.82) is 0 Å². The molecule has 0 aliphatic carbocycles. The van der Waals surface area contributed by atoms with Crippen molar-refractivity contribution in [2.45, 2.75) is 27.3 Å². The number of rotatable bonds is 8. The van der Waals surface area contributed by atoms with Gasteiger partial charge >= 0.3 is 0 Å². The summed E-state index contributed by atoms with van der Waals surface area (Å²) in [5, 5.41) is 4.25. The highest BCUT2D eigenvalue weighted by Crippen LogP contribution is 2.23. The van der Waals surface area contributed by atoms with Crippen LogP contribution < -0.4 is 14.9 Å². The molecule has 0 saturated carbocycles. The summed E-state index contributed by atoms with van der Waals surface area (Å²) in [5.74, 6) is 1.25. The van der Waals surface area contributed by atoms with E-state index in [-0.39, 0.29) is 12.5 Å². The second kappa shape index (κ2) is 10.9. The van der Waals surface area contributed by atoms with Gasteiger partial charge in [0.25, 0.3) is 5.91 Å². The van der Waals surface area contributed by atoms with Crippen LogP contribution in [0.4, 0.5) is 0 Å². The Kier molecular flexibility index (Phi) is 8.03. The quantitative estimate of drug-likeness (QED) is 0.520. The van der Waals surface area contributed by atoms with Gasteiger partial charge in [-0.05, 0) is 61.7 Å². The lowest BCUT2D eigenvalue weighted by Gasteiger charge is -2.27. The molecule has 0 radical (unpaired) electrons. The summed E-state index contributed by atoms with van der Waals surface area (Å²) < 4.78 is 16.6. The molecular formula is C24H31N3O4. The number of hydrogen-bond acceptors (Lipinski definition) is 6. The molecule has 1 N–H and O–H groups in total. The van der Waals surface area contributed by atoms with E-state index in [0.717, 1.165) is 60.9 Å². The van der Waals surface area contributed by atoms with Gasteiger partial charge in [-0.25, -0.2) is 5.43 Å². The number of methoxy groups -OCH3 is 1. The maximum atomic E-state index is 12.2. The molecule has 31 heavy (non-hydrogen) atoms. The fourth-order valence-electron chi connectivity index (χ4n) is 3.38. The van der Waals surface area contributed by atoms with E-state index in [1.54, 1.807) is 7.11 Å². The van der Waals surface area contributed by atoms with Crippen LogP contribution in [0.5, 0.6) is 11.5 Å². The van der Waals surface area contributed by atoms with Crippen LogP contribution in [0.25, 0.3) is 0 Å². The Labute approximate surface area is 184 Å². The maximum Gasteiger partial charge on any atom is 0.277 e. The highest BCUT2D eigenvalue weighted by molar-refractivity contribution is 5.99. The normalized spacial score (nSPS) is 14.9. The number of amides is 1. The van der Waals surface area contributed by atoms with Crippen molar-refractivity contribution in [3.05, 3.63) is 58.7 Å². The lowest BCUT2D eigenvalue weighted by Crippen LogP contribution is -2.35. The minimum Gasteiger partial charge on any atom is -0.496 e. The molecule has 0 atom stereocenters. The topological polar surface area (TPSA) is 72.4 Å². The van der Waals surface area contributed by atoms with Gasteiger partial charge in [-0.15, -0.1) is 0 Å². The Hall–Kier alpha value is -2.90. The van der Waals surface area contributed by atoms with E-state index in [0.29, 0.717) is 11.5 Å². The van der Waals surface area contributed by atoms with Crippen LogP contribution in [0, 0.1) is 13.8 Å². The number of nitrogens with zero attached hydrogens (tertiary/aromatic N) is 2. The Morgan fingerprint density at radius 3 is 2.65 bits per heavy atom. The largest absolute Gasteiger partial charge is 0.496 e. The van der Waals surface area contributed by atoms with Gasteiger partial charge in [0.1, 0.15) is 11.5 Å². The van der Waals surface area contributed by atoms with Crippen molar-refractivity contribution in [2.75, 3.05) is 40.0 Å². The number of carbonyl (C=O) groups is 1. The second-order valence-corrected chi connectivity index (χ2v) is 7.70. The number of benzene rings is 2. The average molecular weight is 426 g/mol. The molecule has 7 heteroatoms. The zero-order valence-electron chi connectivity index (χ0n) is 18.7. The Morgan fingerprint density at radius 1 is 1.13 bits per heavy atom. The SMILES string of the molecule is COc1ccc(/C(C)=N\NC(=O)COc2cc(C)ccc2C)cc1CN1CCOCC1. The molecule has 2 aromatic carbocycles. The van der Waals surface area contributed by atoms with E-state index < -0.39 is 0 Å². The summed E-state index contributed by atoms with van der Waals surface area (Å²) in [7, 11) is 1.68. The van der Waals surface area contributed by atoms with Crippen LogP contribution >= 0.6 is 0 Å². The highest BCUT2D eigenvalue weighted by atomic mass is 16.5. The maximum absolute atomic E-state index is 12.2. The number of nitrogens with one attached hydrogen (secondary N) is 1. The monoisotopic (exact) mass is 425 g/mol. The molecule has 0 aromatic heterocycles. The van der Waals surface area contributed by atoms with Crippen LogP contribution in [0.15, 0.2) is 41.5 Å². The van der Waals surface area contributed by atoms with E-state index in [9.17, 15) is 4.79 Å². The van der Waals surface area contributed by atoms with Crippen LogP contribution in [-0.2, 0) is 16.1 Å². The predicted octanol–water partition coefficient (Wildman–Crippen LogP) is 3.06. The summed E-state index contributed by atoms with van der Waals surface area (Å²) >= 11 is 0. The molecule has 0 spiro atoms. The van der Waals surface area contributed by atoms with Crippen molar-refractivity contribution in [3.8, 4) is 11.5 Å². The van der Waals surface area contributed by atoms with Gasteiger partial charge in [-0.1, -0.05) is 12.1 Å². The number of aryl methyl sites for hydroxylation is 2. The third-order valence-electron chi connectivity index (χ3n) is 5.25. The van der Waals surface area contributed by atoms with E-state index in [4.69, 9.17) is 14.2 Å². The lowest BCUT2D eigenvalue weighted by atomic mass is 10.1. The molecule has 3 rings (SSSR count).